The third kappa shape index (κ3) is 3.20. The minimum Gasteiger partial charge on any atom is -0.469 e. The highest BCUT2D eigenvalue weighted by Gasteiger charge is 2.17. The van der Waals surface area contributed by atoms with Crippen molar-refractivity contribution in [1.82, 2.24) is 15.1 Å². The largest absolute Gasteiger partial charge is 0.469 e. The van der Waals surface area contributed by atoms with E-state index in [1.54, 1.807) is 10.9 Å². The minimum atomic E-state index is -0.186. The summed E-state index contributed by atoms with van der Waals surface area (Å²) in [7, 11) is 0. The highest BCUT2D eigenvalue weighted by atomic mass is 16.3. The smallest absolute Gasteiger partial charge is 0.271 e. The van der Waals surface area contributed by atoms with Gasteiger partial charge in [-0.3, -0.25) is 9.48 Å². The van der Waals surface area contributed by atoms with Crippen molar-refractivity contribution in [2.75, 3.05) is 5.73 Å². The van der Waals surface area contributed by atoms with E-state index in [1.165, 1.54) is 6.20 Å². The maximum Gasteiger partial charge on any atom is 0.271 e. The quantitative estimate of drug-likeness (QED) is 0.842. The van der Waals surface area contributed by atoms with Gasteiger partial charge in [0.2, 0.25) is 0 Å². The second-order valence-electron chi connectivity index (χ2n) is 4.76. The molecule has 0 fully saturated rings. The number of aromatic nitrogens is 2. The number of aryl methyl sites for hydroxylation is 2. The summed E-state index contributed by atoms with van der Waals surface area (Å²) in [6, 6.07) is 3.82. The Balaban J connectivity index is 1.91. The number of nitrogens with one attached hydrogen (secondary N) is 1. The lowest BCUT2D eigenvalue weighted by molar-refractivity contribution is 0.0928. The first kappa shape index (κ1) is 14.2. The predicted molar refractivity (Wildman–Crippen MR) is 76.3 cm³/mol. The second kappa shape index (κ2) is 6.27. The Bertz CT molecular complexity index is 560. The van der Waals surface area contributed by atoms with Crippen LogP contribution >= 0.6 is 0 Å². The van der Waals surface area contributed by atoms with Crippen molar-refractivity contribution in [2.45, 2.75) is 39.3 Å². The fourth-order valence-corrected chi connectivity index (χ4v) is 2.07. The van der Waals surface area contributed by atoms with Gasteiger partial charge >= 0.3 is 0 Å². The molecule has 0 aromatic carbocycles. The number of furan rings is 1. The third-order valence-electron chi connectivity index (χ3n) is 3.16. The van der Waals surface area contributed by atoms with E-state index in [0.29, 0.717) is 17.9 Å². The molecule has 6 nitrogen and oxygen atoms in total. The number of amides is 1. The molecule has 0 saturated carbocycles. The molecule has 108 valence electrons. The molecule has 1 atom stereocenters. The number of carbonyl (C=O) groups excluding carboxylic acids is 1. The summed E-state index contributed by atoms with van der Waals surface area (Å²) < 4.78 is 6.87. The van der Waals surface area contributed by atoms with Crippen LogP contribution in [0, 0.1) is 0 Å². The highest BCUT2D eigenvalue weighted by molar-refractivity contribution is 5.97. The number of carbonyl (C=O) groups is 1. The molecule has 2 rings (SSSR count). The van der Waals surface area contributed by atoms with Crippen molar-refractivity contribution in [3.8, 4) is 0 Å². The van der Waals surface area contributed by atoms with Gasteiger partial charge in [0, 0.05) is 19.0 Å². The molecule has 2 aromatic heterocycles. The van der Waals surface area contributed by atoms with Crippen LogP contribution in [0.3, 0.4) is 0 Å². The van der Waals surface area contributed by atoms with Gasteiger partial charge in [0.25, 0.3) is 5.91 Å². The predicted octanol–water partition coefficient (Wildman–Crippen LogP) is 1.83. The van der Waals surface area contributed by atoms with E-state index >= 15 is 0 Å². The van der Waals surface area contributed by atoms with Gasteiger partial charge < -0.3 is 15.5 Å². The third-order valence-corrected chi connectivity index (χ3v) is 3.16. The molecule has 0 bridgehead atoms. The first-order valence-electron chi connectivity index (χ1n) is 6.76. The second-order valence-corrected chi connectivity index (χ2v) is 4.76. The number of anilines is 1. The Kier molecular flexibility index (Phi) is 4.45. The lowest BCUT2D eigenvalue weighted by Gasteiger charge is -2.14. The Morgan fingerprint density at radius 3 is 3.05 bits per heavy atom. The molecule has 0 aliphatic rings. The number of nitrogens with two attached hydrogens (primary N) is 1. The normalized spacial score (nSPS) is 12.3. The van der Waals surface area contributed by atoms with Crippen molar-refractivity contribution in [3.05, 3.63) is 36.0 Å². The molecule has 1 unspecified atom stereocenters. The van der Waals surface area contributed by atoms with Gasteiger partial charge in [0.15, 0.2) is 0 Å². The van der Waals surface area contributed by atoms with Gasteiger partial charge in [-0.1, -0.05) is 0 Å². The van der Waals surface area contributed by atoms with Gasteiger partial charge in [-0.05, 0) is 32.4 Å². The molecule has 2 heterocycles. The molecule has 2 aromatic rings. The average molecular weight is 276 g/mol. The van der Waals surface area contributed by atoms with Crippen LogP contribution < -0.4 is 11.1 Å². The van der Waals surface area contributed by atoms with Crippen molar-refractivity contribution in [3.63, 3.8) is 0 Å². The number of hydrogen-bond acceptors (Lipinski definition) is 4. The SMILES string of the molecule is CCn1ncc(N)c1C(=O)NC(C)CCc1ccco1. The molecule has 3 N–H and O–H groups in total. The number of rotatable bonds is 6. The highest BCUT2D eigenvalue weighted by Crippen LogP contribution is 2.12. The van der Waals surface area contributed by atoms with Crippen molar-refractivity contribution in [1.29, 1.82) is 0 Å². The lowest BCUT2D eigenvalue weighted by atomic mass is 10.1. The zero-order valence-electron chi connectivity index (χ0n) is 11.8. The van der Waals surface area contributed by atoms with Gasteiger partial charge in [-0.2, -0.15) is 5.10 Å². The van der Waals surface area contributed by atoms with Crippen molar-refractivity contribution in [2.24, 2.45) is 0 Å². The number of hydrogen-bond donors (Lipinski definition) is 2. The van der Waals surface area contributed by atoms with E-state index in [4.69, 9.17) is 10.2 Å². The van der Waals surface area contributed by atoms with Gasteiger partial charge in [-0.25, -0.2) is 0 Å². The summed E-state index contributed by atoms with van der Waals surface area (Å²) in [5, 5.41) is 7.00. The summed E-state index contributed by atoms with van der Waals surface area (Å²) in [5.41, 5.74) is 6.62. The molecule has 0 aliphatic heterocycles. The van der Waals surface area contributed by atoms with Crippen LogP contribution in [0.2, 0.25) is 0 Å². The number of nitrogens with zero attached hydrogens (tertiary/aromatic N) is 2. The first-order chi connectivity index (χ1) is 9.61. The summed E-state index contributed by atoms with van der Waals surface area (Å²) in [5.74, 6) is 0.734. The fraction of sp³-hybridized carbons (Fsp3) is 0.429. The van der Waals surface area contributed by atoms with Gasteiger partial charge in [0.05, 0.1) is 18.1 Å². The van der Waals surface area contributed by atoms with E-state index in [2.05, 4.69) is 10.4 Å². The average Bonchev–Trinajstić information content (AvgIpc) is 3.05. The molecule has 1 amide bonds. The van der Waals surface area contributed by atoms with Gasteiger partial charge in [0.1, 0.15) is 11.5 Å². The van der Waals surface area contributed by atoms with E-state index in [9.17, 15) is 4.79 Å². The zero-order chi connectivity index (χ0) is 14.5. The molecule has 0 radical (unpaired) electrons. The standard InChI is InChI=1S/C14H20N4O2/c1-3-18-13(12(15)9-16-18)14(19)17-10(2)6-7-11-5-4-8-20-11/h4-5,8-10H,3,6-7,15H2,1-2H3,(H,17,19). The molecule has 20 heavy (non-hydrogen) atoms. The van der Waals surface area contributed by atoms with Crippen LogP contribution in [0.4, 0.5) is 5.69 Å². The van der Waals surface area contributed by atoms with Crippen LogP contribution in [-0.2, 0) is 13.0 Å². The minimum absolute atomic E-state index is 0.0345. The van der Waals surface area contributed by atoms with Crippen molar-refractivity contribution >= 4 is 11.6 Å². The Morgan fingerprint density at radius 2 is 2.40 bits per heavy atom. The monoisotopic (exact) mass is 276 g/mol. The Morgan fingerprint density at radius 1 is 1.60 bits per heavy atom. The zero-order valence-corrected chi connectivity index (χ0v) is 11.8. The van der Waals surface area contributed by atoms with Crippen LogP contribution in [-0.4, -0.2) is 21.7 Å². The molecule has 0 aliphatic carbocycles. The summed E-state index contributed by atoms with van der Waals surface area (Å²) in [6.45, 7) is 4.49. The Hall–Kier alpha value is -2.24. The summed E-state index contributed by atoms with van der Waals surface area (Å²) in [6.07, 6.45) is 4.75. The number of nitrogen functional groups attached to an aromatic ring is 1. The topological polar surface area (TPSA) is 86.1 Å². The van der Waals surface area contributed by atoms with Crippen LogP contribution in [0.25, 0.3) is 0 Å². The van der Waals surface area contributed by atoms with Crippen LogP contribution in [0.15, 0.2) is 29.0 Å². The van der Waals surface area contributed by atoms with E-state index < -0.39 is 0 Å². The van der Waals surface area contributed by atoms with E-state index in [0.717, 1.165) is 18.6 Å². The van der Waals surface area contributed by atoms with E-state index in [1.807, 2.05) is 26.0 Å². The lowest BCUT2D eigenvalue weighted by Crippen LogP contribution is -2.34. The molecule has 6 heteroatoms. The van der Waals surface area contributed by atoms with Crippen LogP contribution in [0.5, 0.6) is 0 Å². The molecular weight excluding hydrogens is 256 g/mol. The molecule has 0 saturated heterocycles. The summed E-state index contributed by atoms with van der Waals surface area (Å²) >= 11 is 0. The van der Waals surface area contributed by atoms with Crippen LogP contribution in [0.1, 0.15) is 36.5 Å². The fourth-order valence-electron chi connectivity index (χ4n) is 2.07. The maximum atomic E-state index is 12.2. The van der Waals surface area contributed by atoms with Gasteiger partial charge in [-0.15, -0.1) is 0 Å². The van der Waals surface area contributed by atoms with E-state index in [-0.39, 0.29) is 11.9 Å². The first-order valence-corrected chi connectivity index (χ1v) is 6.76. The summed E-state index contributed by atoms with van der Waals surface area (Å²) in [4.78, 5) is 12.2. The molecular formula is C14H20N4O2. The Labute approximate surface area is 117 Å². The van der Waals surface area contributed by atoms with Crippen molar-refractivity contribution < 1.29 is 9.21 Å². The maximum absolute atomic E-state index is 12.2. The molecule has 0 spiro atoms.